The van der Waals surface area contributed by atoms with Crippen LogP contribution >= 0.6 is 11.6 Å². The zero-order valence-electron chi connectivity index (χ0n) is 22.0. The normalized spacial score (nSPS) is 20.5. The first kappa shape index (κ1) is 25.8. The van der Waals surface area contributed by atoms with Gasteiger partial charge in [-0.15, -0.1) is 0 Å². The van der Waals surface area contributed by atoms with Crippen LogP contribution in [0.2, 0.25) is 5.02 Å². The lowest BCUT2D eigenvalue weighted by Gasteiger charge is -2.30. The summed E-state index contributed by atoms with van der Waals surface area (Å²) in [5, 5.41) is 3.86. The molecule has 3 heterocycles. The Morgan fingerprint density at radius 1 is 1.08 bits per heavy atom. The van der Waals surface area contributed by atoms with Gasteiger partial charge in [-0.05, 0) is 54.9 Å². The van der Waals surface area contributed by atoms with E-state index in [1.807, 2.05) is 35.2 Å². The number of hydrogen-bond donors (Lipinski definition) is 1. The Kier molecular flexibility index (Phi) is 7.23. The van der Waals surface area contributed by atoms with Gasteiger partial charge >= 0.3 is 0 Å². The van der Waals surface area contributed by atoms with Gasteiger partial charge in [-0.1, -0.05) is 48.0 Å². The number of fused-ring (bicyclic) bond motifs is 2. The molecule has 3 aliphatic rings. The van der Waals surface area contributed by atoms with Crippen molar-refractivity contribution in [3.63, 3.8) is 0 Å². The molecule has 202 valence electrons. The van der Waals surface area contributed by atoms with Crippen molar-refractivity contribution < 1.29 is 14.3 Å². The summed E-state index contributed by atoms with van der Waals surface area (Å²) in [5.74, 6) is 0.355. The first-order valence-electron chi connectivity index (χ1n) is 13.6. The first-order chi connectivity index (χ1) is 19.0. The Balaban J connectivity index is 1.14. The first-order valence-corrected chi connectivity index (χ1v) is 14.0. The van der Waals surface area contributed by atoms with E-state index < -0.39 is 0 Å². The van der Waals surface area contributed by atoms with Crippen molar-refractivity contribution in [3.05, 3.63) is 75.9 Å². The molecule has 1 N–H and O–H groups in total. The van der Waals surface area contributed by atoms with Crippen LogP contribution in [-0.2, 0) is 29.0 Å². The number of nitrogens with one attached hydrogen (secondary N) is 1. The number of carbonyl (C=O) groups excluding carboxylic acids is 2. The van der Waals surface area contributed by atoms with E-state index in [0.29, 0.717) is 48.0 Å². The lowest BCUT2D eigenvalue weighted by molar-refractivity contribution is -0.132. The molecule has 0 saturated heterocycles. The molecule has 8 nitrogen and oxygen atoms in total. The molecule has 1 saturated carbocycles. The van der Waals surface area contributed by atoms with Crippen molar-refractivity contribution in [2.45, 2.75) is 57.3 Å². The molecule has 2 aromatic carbocycles. The average Bonchev–Trinajstić information content (AvgIpc) is 3.28. The molecule has 0 spiro atoms. The molecule has 0 radical (unpaired) electrons. The van der Waals surface area contributed by atoms with E-state index in [1.165, 1.54) is 11.1 Å². The zero-order chi connectivity index (χ0) is 26.9. The average molecular weight is 546 g/mol. The fraction of sp³-hybridized carbons (Fsp3) is 0.400. The number of methoxy groups -OCH3 is 1. The van der Waals surface area contributed by atoms with Gasteiger partial charge in [-0.25, -0.2) is 9.97 Å². The number of amides is 2. The van der Waals surface area contributed by atoms with E-state index in [4.69, 9.17) is 21.3 Å². The van der Waals surface area contributed by atoms with Gasteiger partial charge in [0.1, 0.15) is 6.54 Å². The molecular weight excluding hydrogens is 514 g/mol. The molecule has 6 rings (SSSR count). The highest BCUT2D eigenvalue weighted by molar-refractivity contribution is 6.33. The minimum atomic E-state index is -0.143. The number of benzene rings is 2. The summed E-state index contributed by atoms with van der Waals surface area (Å²) >= 11 is 6.50. The second-order valence-corrected chi connectivity index (χ2v) is 11.0. The maximum Gasteiger partial charge on any atom is 0.254 e. The van der Waals surface area contributed by atoms with Crippen LogP contribution in [0.1, 0.15) is 52.7 Å². The molecule has 3 aromatic rings. The predicted octanol–water partition coefficient (Wildman–Crippen LogP) is 4.71. The van der Waals surface area contributed by atoms with Gasteiger partial charge in [0.15, 0.2) is 0 Å². The number of nitrogens with zero attached hydrogens (tertiary/aromatic N) is 4. The number of hydrogen-bond acceptors (Lipinski definition) is 6. The summed E-state index contributed by atoms with van der Waals surface area (Å²) in [6.45, 7) is 1.74. The van der Waals surface area contributed by atoms with Crippen molar-refractivity contribution in [1.29, 1.82) is 0 Å². The quantitative estimate of drug-likeness (QED) is 0.483. The minimum Gasteiger partial charge on any atom is -0.381 e. The molecule has 9 heteroatoms. The van der Waals surface area contributed by atoms with Crippen molar-refractivity contribution in [1.82, 2.24) is 19.8 Å². The van der Waals surface area contributed by atoms with E-state index in [-0.39, 0.29) is 24.4 Å². The van der Waals surface area contributed by atoms with Crippen molar-refractivity contribution in [2.75, 3.05) is 25.5 Å². The van der Waals surface area contributed by atoms with Gasteiger partial charge in [0, 0.05) is 43.9 Å². The van der Waals surface area contributed by atoms with Crippen LogP contribution in [-0.4, -0.2) is 63.9 Å². The van der Waals surface area contributed by atoms with Crippen LogP contribution in [0.15, 0.2) is 48.7 Å². The lowest BCUT2D eigenvalue weighted by atomic mass is 9.93. The van der Waals surface area contributed by atoms with E-state index in [1.54, 1.807) is 18.2 Å². The van der Waals surface area contributed by atoms with Gasteiger partial charge in [0.2, 0.25) is 11.9 Å². The van der Waals surface area contributed by atoms with Crippen LogP contribution in [0.4, 0.5) is 5.95 Å². The van der Waals surface area contributed by atoms with Crippen molar-refractivity contribution in [2.24, 2.45) is 0 Å². The number of ether oxygens (including phenoxy) is 1. The lowest BCUT2D eigenvalue weighted by Crippen LogP contribution is -2.42. The summed E-state index contributed by atoms with van der Waals surface area (Å²) in [6.07, 6.45) is 6.75. The Morgan fingerprint density at radius 2 is 1.87 bits per heavy atom. The fourth-order valence-electron chi connectivity index (χ4n) is 5.87. The summed E-state index contributed by atoms with van der Waals surface area (Å²) in [5.41, 5.74) is 5.29. The van der Waals surface area contributed by atoms with Crippen LogP contribution in [0.25, 0.3) is 11.3 Å². The van der Waals surface area contributed by atoms with E-state index in [9.17, 15) is 9.59 Å². The van der Waals surface area contributed by atoms with Crippen LogP contribution in [0.5, 0.6) is 0 Å². The molecule has 0 unspecified atom stereocenters. The molecule has 0 atom stereocenters. The summed E-state index contributed by atoms with van der Waals surface area (Å²) in [4.78, 5) is 39.0. The third kappa shape index (κ3) is 5.36. The third-order valence-electron chi connectivity index (χ3n) is 8.16. The smallest absolute Gasteiger partial charge is 0.254 e. The maximum absolute atomic E-state index is 13.3. The Hall–Kier alpha value is -3.49. The highest BCUT2D eigenvalue weighted by Crippen LogP contribution is 2.32. The zero-order valence-corrected chi connectivity index (χ0v) is 22.8. The highest BCUT2D eigenvalue weighted by Gasteiger charge is 2.31. The third-order valence-corrected chi connectivity index (χ3v) is 8.43. The standard InChI is InChI=1S/C30H32ClN5O3/c1-39-24-10-8-23(9-11-24)33-30-32-15-26(31)28(34-30)20-6-7-22-17-36(29(38)25(22)14-20)18-27(37)35-13-12-19-4-2-3-5-21(19)16-35/h2-7,14-15,23-24H,8-13,16-18H2,1H3,(H,32,33,34). The molecule has 1 aromatic heterocycles. The van der Waals surface area contributed by atoms with Crippen LogP contribution < -0.4 is 5.32 Å². The number of carbonyl (C=O) groups is 2. The van der Waals surface area contributed by atoms with E-state index >= 15 is 0 Å². The van der Waals surface area contributed by atoms with E-state index in [2.05, 4.69) is 22.4 Å². The Bertz CT molecular complexity index is 1410. The number of halogens is 1. The van der Waals surface area contributed by atoms with Crippen molar-refractivity contribution in [3.8, 4) is 11.3 Å². The molecule has 1 fully saturated rings. The SMILES string of the molecule is COC1CCC(Nc2ncc(Cl)c(-c3ccc4c(c3)C(=O)N(CC(=O)N3CCc5ccccc5C3)C4)n2)CC1. The van der Waals surface area contributed by atoms with Gasteiger partial charge in [-0.2, -0.15) is 0 Å². The fourth-order valence-corrected chi connectivity index (χ4v) is 6.07. The summed E-state index contributed by atoms with van der Waals surface area (Å²) < 4.78 is 5.47. The van der Waals surface area contributed by atoms with E-state index in [0.717, 1.165) is 43.2 Å². The maximum atomic E-state index is 13.3. The Morgan fingerprint density at radius 3 is 2.67 bits per heavy atom. The molecule has 2 amide bonds. The summed E-state index contributed by atoms with van der Waals surface area (Å²) in [6, 6.07) is 14.2. The van der Waals surface area contributed by atoms with Crippen molar-refractivity contribution >= 4 is 29.4 Å². The second-order valence-electron chi connectivity index (χ2n) is 10.6. The molecular formula is C30H32ClN5O3. The Labute approximate surface area is 233 Å². The number of anilines is 1. The largest absolute Gasteiger partial charge is 0.381 e. The highest BCUT2D eigenvalue weighted by atomic mass is 35.5. The molecule has 2 aliphatic heterocycles. The molecule has 39 heavy (non-hydrogen) atoms. The number of rotatable bonds is 6. The number of aromatic nitrogens is 2. The monoisotopic (exact) mass is 545 g/mol. The topological polar surface area (TPSA) is 87.7 Å². The van der Waals surface area contributed by atoms with Crippen LogP contribution in [0, 0.1) is 0 Å². The minimum absolute atomic E-state index is 0.0278. The van der Waals surface area contributed by atoms with Gasteiger partial charge in [0.05, 0.1) is 23.0 Å². The van der Waals surface area contributed by atoms with Crippen LogP contribution in [0.3, 0.4) is 0 Å². The van der Waals surface area contributed by atoms with Gasteiger partial charge in [0.25, 0.3) is 5.91 Å². The summed E-state index contributed by atoms with van der Waals surface area (Å²) in [7, 11) is 1.76. The molecule has 0 bridgehead atoms. The van der Waals surface area contributed by atoms with Gasteiger partial charge < -0.3 is 19.9 Å². The molecule has 1 aliphatic carbocycles. The van der Waals surface area contributed by atoms with Gasteiger partial charge in [-0.3, -0.25) is 9.59 Å². The second kappa shape index (κ2) is 10.9. The predicted molar refractivity (Wildman–Crippen MR) is 149 cm³/mol.